The number of nitrogens with one attached hydrogen (secondary N) is 1. The summed E-state index contributed by atoms with van der Waals surface area (Å²) in [7, 11) is -3.90. The molecule has 0 unspecified atom stereocenters. The predicted octanol–water partition coefficient (Wildman–Crippen LogP) is 2.65. The van der Waals surface area contributed by atoms with Gasteiger partial charge in [-0.3, -0.25) is 4.72 Å². The Morgan fingerprint density at radius 2 is 2.00 bits per heavy atom. The summed E-state index contributed by atoms with van der Waals surface area (Å²) in [5.74, 6) is -1.04. The molecule has 0 aliphatic heterocycles. The summed E-state index contributed by atoms with van der Waals surface area (Å²) in [6.07, 6.45) is 1.46. The fourth-order valence-corrected chi connectivity index (χ4v) is 3.17. The molecule has 0 bridgehead atoms. The Morgan fingerprint density at radius 3 is 2.57 bits per heavy atom. The van der Waals surface area contributed by atoms with Gasteiger partial charge in [0.1, 0.15) is 5.82 Å². The average Bonchev–Trinajstić information content (AvgIpc) is 2.41. The molecule has 0 aliphatic carbocycles. The van der Waals surface area contributed by atoms with Crippen LogP contribution in [0.1, 0.15) is 15.9 Å². The van der Waals surface area contributed by atoms with Gasteiger partial charge < -0.3 is 5.11 Å². The van der Waals surface area contributed by atoms with Crippen LogP contribution in [0.5, 0.6) is 0 Å². The van der Waals surface area contributed by atoms with Crippen LogP contribution in [0.2, 0.25) is 0 Å². The number of aromatic nitrogens is 1. The van der Waals surface area contributed by atoms with E-state index in [9.17, 15) is 13.2 Å². The number of hydrogen-bond donors (Lipinski definition) is 2. The molecule has 0 saturated heterocycles. The zero-order valence-electron chi connectivity index (χ0n) is 10.9. The van der Waals surface area contributed by atoms with E-state index >= 15 is 0 Å². The molecule has 21 heavy (non-hydrogen) atoms. The zero-order chi connectivity index (χ0) is 15.6. The number of carboxylic acid groups (broad SMARTS) is 1. The summed E-state index contributed by atoms with van der Waals surface area (Å²) >= 11 is 3.20. The Labute approximate surface area is 130 Å². The molecule has 2 N–H and O–H groups in total. The van der Waals surface area contributed by atoms with Crippen LogP contribution >= 0.6 is 15.9 Å². The fourth-order valence-electron chi connectivity index (χ4n) is 1.65. The summed E-state index contributed by atoms with van der Waals surface area (Å²) in [4.78, 5) is 14.8. The van der Waals surface area contributed by atoms with E-state index in [1.165, 1.54) is 24.4 Å². The van der Waals surface area contributed by atoms with Gasteiger partial charge in [-0.1, -0.05) is 6.07 Å². The molecule has 2 rings (SSSR count). The maximum absolute atomic E-state index is 12.3. The van der Waals surface area contributed by atoms with E-state index in [0.717, 1.165) is 10.5 Å². The standard InChI is InChI=1S/C13H11BrN2O4S/c1-8-2-3-9(13(17)18)6-11(8)21(19,20)16-12-5-4-10(14)7-15-12/h2-7H,1H3,(H,15,16)(H,17,18). The van der Waals surface area contributed by atoms with Gasteiger partial charge in [-0.2, -0.15) is 0 Å². The van der Waals surface area contributed by atoms with Gasteiger partial charge in [0.05, 0.1) is 10.5 Å². The van der Waals surface area contributed by atoms with Crippen LogP contribution in [0.4, 0.5) is 5.82 Å². The van der Waals surface area contributed by atoms with Gasteiger partial charge in [0.25, 0.3) is 10.0 Å². The molecule has 0 aliphatic rings. The first-order chi connectivity index (χ1) is 9.79. The number of carbonyl (C=O) groups is 1. The highest BCUT2D eigenvalue weighted by Gasteiger charge is 2.19. The Kier molecular flexibility index (Phi) is 4.29. The van der Waals surface area contributed by atoms with Gasteiger partial charge in [-0.15, -0.1) is 0 Å². The van der Waals surface area contributed by atoms with Crippen molar-refractivity contribution in [2.75, 3.05) is 4.72 Å². The molecule has 0 amide bonds. The molecule has 2 aromatic rings. The quantitative estimate of drug-likeness (QED) is 0.862. The molecule has 1 aromatic heterocycles. The predicted molar refractivity (Wildman–Crippen MR) is 80.9 cm³/mol. The van der Waals surface area contributed by atoms with E-state index in [4.69, 9.17) is 5.11 Å². The van der Waals surface area contributed by atoms with Gasteiger partial charge in [0, 0.05) is 10.7 Å². The molecular formula is C13H11BrN2O4S. The number of halogens is 1. The van der Waals surface area contributed by atoms with Crippen molar-refractivity contribution in [1.29, 1.82) is 0 Å². The third-order valence-electron chi connectivity index (χ3n) is 2.69. The highest BCUT2D eigenvalue weighted by Crippen LogP contribution is 2.20. The van der Waals surface area contributed by atoms with Crippen molar-refractivity contribution in [1.82, 2.24) is 4.98 Å². The lowest BCUT2D eigenvalue weighted by Crippen LogP contribution is -2.16. The van der Waals surface area contributed by atoms with Crippen LogP contribution < -0.4 is 4.72 Å². The van der Waals surface area contributed by atoms with Gasteiger partial charge >= 0.3 is 5.97 Å². The lowest BCUT2D eigenvalue weighted by atomic mass is 10.1. The molecule has 0 spiro atoms. The van der Waals surface area contributed by atoms with E-state index in [0.29, 0.717) is 5.56 Å². The van der Waals surface area contributed by atoms with Crippen molar-refractivity contribution in [3.05, 3.63) is 52.1 Å². The topological polar surface area (TPSA) is 96.4 Å². The molecule has 110 valence electrons. The van der Waals surface area contributed by atoms with Crippen LogP contribution in [0.25, 0.3) is 0 Å². The van der Waals surface area contributed by atoms with Crippen molar-refractivity contribution in [2.45, 2.75) is 11.8 Å². The number of carboxylic acids is 1. The van der Waals surface area contributed by atoms with Crippen molar-refractivity contribution in [2.24, 2.45) is 0 Å². The molecule has 1 aromatic carbocycles. The minimum atomic E-state index is -3.90. The van der Waals surface area contributed by atoms with Gasteiger partial charge in [-0.25, -0.2) is 18.2 Å². The number of pyridine rings is 1. The number of aryl methyl sites for hydroxylation is 1. The molecule has 1 heterocycles. The first kappa shape index (κ1) is 15.5. The Morgan fingerprint density at radius 1 is 1.29 bits per heavy atom. The zero-order valence-corrected chi connectivity index (χ0v) is 13.3. The maximum Gasteiger partial charge on any atom is 0.335 e. The second-order valence-corrected chi connectivity index (χ2v) is 6.82. The highest BCUT2D eigenvalue weighted by atomic mass is 79.9. The monoisotopic (exact) mass is 370 g/mol. The summed E-state index contributed by atoms with van der Waals surface area (Å²) in [6.45, 7) is 1.59. The van der Waals surface area contributed by atoms with E-state index < -0.39 is 16.0 Å². The lowest BCUT2D eigenvalue weighted by Gasteiger charge is -2.10. The van der Waals surface area contributed by atoms with Crippen LogP contribution in [-0.2, 0) is 10.0 Å². The molecular weight excluding hydrogens is 360 g/mol. The number of rotatable bonds is 4. The smallest absolute Gasteiger partial charge is 0.335 e. The van der Waals surface area contributed by atoms with E-state index in [-0.39, 0.29) is 16.3 Å². The normalized spacial score (nSPS) is 11.1. The molecule has 0 fully saturated rings. The second-order valence-electron chi connectivity index (χ2n) is 4.25. The van der Waals surface area contributed by atoms with Crippen molar-refractivity contribution in [3.8, 4) is 0 Å². The first-order valence-electron chi connectivity index (χ1n) is 5.78. The minimum Gasteiger partial charge on any atom is -0.478 e. The SMILES string of the molecule is Cc1ccc(C(=O)O)cc1S(=O)(=O)Nc1ccc(Br)cn1. The summed E-state index contributed by atoms with van der Waals surface area (Å²) < 4.78 is 27.7. The highest BCUT2D eigenvalue weighted by molar-refractivity contribution is 9.10. The Bertz CT molecular complexity index is 788. The van der Waals surface area contributed by atoms with Crippen LogP contribution in [0.15, 0.2) is 45.9 Å². The van der Waals surface area contributed by atoms with Crippen molar-refractivity contribution in [3.63, 3.8) is 0 Å². The maximum atomic E-state index is 12.3. The first-order valence-corrected chi connectivity index (χ1v) is 8.05. The van der Waals surface area contributed by atoms with Crippen LogP contribution in [0, 0.1) is 6.92 Å². The average molecular weight is 371 g/mol. The number of nitrogens with zero attached hydrogens (tertiary/aromatic N) is 1. The lowest BCUT2D eigenvalue weighted by molar-refractivity contribution is 0.0696. The third kappa shape index (κ3) is 3.59. The Hall–Kier alpha value is -1.93. The largest absolute Gasteiger partial charge is 0.478 e. The second kappa shape index (κ2) is 5.82. The number of aromatic carboxylic acids is 1. The molecule has 8 heteroatoms. The van der Waals surface area contributed by atoms with Crippen LogP contribution in [0.3, 0.4) is 0 Å². The minimum absolute atomic E-state index is 0.0906. The van der Waals surface area contributed by atoms with Crippen molar-refractivity contribution >= 4 is 37.7 Å². The van der Waals surface area contributed by atoms with Gasteiger partial charge in [0.2, 0.25) is 0 Å². The summed E-state index contributed by atoms with van der Waals surface area (Å²) in [5, 5.41) is 8.95. The third-order valence-corrected chi connectivity index (χ3v) is 4.66. The van der Waals surface area contributed by atoms with Crippen LogP contribution in [-0.4, -0.2) is 24.5 Å². The fraction of sp³-hybridized carbons (Fsp3) is 0.0769. The van der Waals surface area contributed by atoms with E-state index in [1.807, 2.05) is 0 Å². The number of sulfonamides is 1. The molecule has 0 atom stereocenters. The van der Waals surface area contributed by atoms with Gasteiger partial charge in [-0.05, 0) is 52.7 Å². The molecule has 0 radical (unpaired) electrons. The molecule has 6 nitrogen and oxygen atoms in total. The Balaban J connectivity index is 2.41. The van der Waals surface area contributed by atoms with E-state index in [2.05, 4.69) is 25.6 Å². The summed E-state index contributed by atoms with van der Waals surface area (Å²) in [6, 6.07) is 7.07. The van der Waals surface area contributed by atoms with E-state index in [1.54, 1.807) is 13.0 Å². The summed E-state index contributed by atoms with van der Waals surface area (Å²) in [5.41, 5.74) is 0.356. The number of hydrogen-bond acceptors (Lipinski definition) is 4. The molecule has 0 saturated carbocycles. The number of anilines is 1. The van der Waals surface area contributed by atoms with Gasteiger partial charge in [0.15, 0.2) is 0 Å². The van der Waals surface area contributed by atoms with Crippen molar-refractivity contribution < 1.29 is 18.3 Å². The number of benzene rings is 1.